The molecule has 0 spiro atoms. The molecule has 4 heteroatoms. The van der Waals surface area contributed by atoms with E-state index < -0.39 is 6.43 Å². The number of nitrogens with two attached hydrogens (primary N) is 1. The normalized spacial score (nSPS) is 16.9. The monoisotopic (exact) mass is 254 g/mol. The van der Waals surface area contributed by atoms with Crippen molar-refractivity contribution in [3.05, 3.63) is 23.8 Å². The average Bonchev–Trinajstić information content (AvgIpc) is 3.08. The van der Waals surface area contributed by atoms with Crippen molar-refractivity contribution < 1.29 is 8.78 Å². The minimum atomic E-state index is -2.49. The van der Waals surface area contributed by atoms with E-state index in [0.29, 0.717) is 16.8 Å². The van der Waals surface area contributed by atoms with E-state index in [4.69, 9.17) is 5.73 Å². The fourth-order valence-corrected chi connectivity index (χ4v) is 2.43. The van der Waals surface area contributed by atoms with Crippen molar-refractivity contribution in [2.45, 2.75) is 39.0 Å². The van der Waals surface area contributed by atoms with Crippen LogP contribution in [0.3, 0.4) is 0 Å². The van der Waals surface area contributed by atoms with Crippen molar-refractivity contribution in [3.8, 4) is 0 Å². The van der Waals surface area contributed by atoms with E-state index in [9.17, 15) is 8.78 Å². The molecule has 0 aromatic heterocycles. The fourth-order valence-electron chi connectivity index (χ4n) is 2.43. The number of benzene rings is 1. The summed E-state index contributed by atoms with van der Waals surface area (Å²) in [6.07, 6.45) is 2.22. The molecule has 0 heterocycles. The molecule has 0 radical (unpaired) electrons. The first-order valence-corrected chi connectivity index (χ1v) is 6.48. The van der Waals surface area contributed by atoms with Gasteiger partial charge in [0, 0.05) is 23.5 Å². The van der Waals surface area contributed by atoms with Crippen LogP contribution in [0.25, 0.3) is 0 Å². The molecule has 2 rings (SSSR count). The molecule has 1 aliphatic rings. The van der Waals surface area contributed by atoms with Crippen LogP contribution in [0.2, 0.25) is 0 Å². The summed E-state index contributed by atoms with van der Waals surface area (Å²) < 4.78 is 25.8. The molecule has 0 aliphatic heterocycles. The summed E-state index contributed by atoms with van der Waals surface area (Å²) >= 11 is 0. The van der Waals surface area contributed by atoms with Gasteiger partial charge in [-0.2, -0.15) is 0 Å². The molecule has 0 unspecified atom stereocenters. The Bertz CT molecular complexity index is 414. The fraction of sp³-hybridized carbons (Fsp3) is 0.571. The van der Waals surface area contributed by atoms with Crippen molar-refractivity contribution in [2.24, 2.45) is 5.41 Å². The summed E-state index contributed by atoms with van der Waals surface area (Å²) in [7, 11) is 0. The Kier molecular flexibility index (Phi) is 3.73. The third kappa shape index (κ3) is 2.92. The van der Waals surface area contributed by atoms with Crippen LogP contribution in [0.5, 0.6) is 0 Å². The zero-order chi connectivity index (χ0) is 13.2. The Morgan fingerprint density at radius 2 is 2.11 bits per heavy atom. The van der Waals surface area contributed by atoms with Crippen molar-refractivity contribution in [1.29, 1.82) is 0 Å². The Morgan fingerprint density at radius 3 is 2.67 bits per heavy atom. The van der Waals surface area contributed by atoms with Gasteiger partial charge < -0.3 is 11.1 Å². The Labute approximate surface area is 107 Å². The highest BCUT2D eigenvalue weighted by atomic mass is 19.3. The molecule has 0 atom stereocenters. The van der Waals surface area contributed by atoms with Crippen LogP contribution < -0.4 is 11.1 Å². The molecule has 1 aromatic rings. The molecule has 1 aliphatic carbocycles. The summed E-state index contributed by atoms with van der Waals surface area (Å²) in [6, 6.07) is 4.67. The van der Waals surface area contributed by atoms with Crippen molar-refractivity contribution in [2.75, 3.05) is 17.6 Å². The predicted octanol–water partition coefficient (Wildman–Crippen LogP) is 4.20. The number of nitrogens with one attached hydrogen (secondary N) is 1. The number of rotatable bonds is 6. The lowest BCUT2D eigenvalue weighted by molar-refractivity contribution is 0.152. The molecule has 0 amide bonds. The van der Waals surface area contributed by atoms with E-state index in [2.05, 4.69) is 12.2 Å². The largest absolute Gasteiger partial charge is 0.399 e. The topological polar surface area (TPSA) is 38.0 Å². The molecule has 0 bridgehead atoms. The maximum atomic E-state index is 12.9. The first-order chi connectivity index (χ1) is 8.56. The first-order valence-electron chi connectivity index (χ1n) is 6.48. The van der Waals surface area contributed by atoms with Crippen molar-refractivity contribution in [1.82, 2.24) is 0 Å². The van der Waals surface area contributed by atoms with Gasteiger partial charge in [-0.15, -0.1) is 0 Å². The van der Waals surface area contributed by atoms with Crippen LogP contribution in [0.1, 0.15) is 44.6 Å². The van der Waals surface area contributed by atoms with Crippen LogP contribution >= 0.6 is 0 Å². The van der Waals surface area contributed by atoms with Crippen LogP contribution in [0.15, 0.2) is 18.2 Å². The molecular weight excluding hydrogens is 234 g/mol. The van der Waals surface area contributed by atoms with Gasteiger partial charge in [0.25, 0.3) is 6.43 Å². The highest BCUT2D eigenvalue weighted by Gasteiger charge is 2.41. The SMILES string of the molecule is CCCC1(CNc2ccc(N)cc2C(F)F)CC1. The van der Waals surface area contributed by atoms with E-state index in [-0.39, 0.29) is 5.56 Å². The Balaban J connectivity index is 2.05. The lowest BCUT2D eigenvalue weighted by Gasteiger charge is -2.18. The number of nitrogen functional groups attached to an aromatic ring is 1. The number of hydrogen-bond acceptors (Lipinski definition) is 2. The van der Waals surface area contributed by atoms with Gasteiger partial charge in [0.1, 0.15) is 0 Å². The predicted molar refractivity (Wildman–Crippen MR) is 70.9 cm³/mol. The summed E-state index contributed by atoms with van der Waals surface area (Å²) in [4.78, 5) is 0. The zero-order valence-electron chi connectivity index (χ0n) is 10.7. The molecule has 1 aromatic carbocycles. The molecule has 1 fully saturated rings. The third-order valence-electron chi connectivity index (χ3n) is 3.70. The quantitative estimate of drug-likeness (QED) is 0.747. The summed E-state index contributed by atoms with van der Waals surface area (Å²) in [5, 5.41) is 3.17. The smallest absolute Gasteiger partial charge is 0.265 e. The van der Waals surface area contributed by atoms with E-state index >= 15 is 0 Å². The highest BCUT2D eigenvalue weighted by Crippen LogP contribution is 2.49. The lowest BCUT2D eigenvalue weighted by atomic mass is 10.0. The van der Waals surface area contributed by atoms with E-state index in [1.807, 2.05) is 0 Å². The summed E-state index contributed by atoms with van der Waals surface area (Å²) in [5.74, 6) is 0. The van der Waals surface area contributed by atoms with Crippen LogP contribution in [0, 0.1) is 5.41 Å². The van der Waals surface area contributed by atoms with E-state index in [1.54, 1.807) is 12.1 Å². The van der Waals surface area contributed by atoms with Gasteiger partial charge in [0.2, 0.25) is 0 Å². The molecule has 100 valence electrons. The van der Waals surface area contributed by atoms with Crippen LogP contribution in [-0.2, 0) is 0 Å². The standard InChI is InChI=1S/C14H20F2N2/c1-2-5-14(6-7-14)9-18-12-4-3-10(17)8-11(12)13(15)16/h3-4,8,13,18H,2,5-7,9,17H2,1H3. The molecular formula is C14H20F2N2. The van der Waals surface area contributed by atoms with Crippen LogP contribution in [-0.4, -0.2) is 6.54 Å². The van der Waals surface area contributed by atoms with Gasteiger partial charge in [-0.25, -0.2) is 8.78 Å². The minimum Gasteiger partial charge on any atom is -0.399 e. The third-order valence-corrected chi connectivity index (χ3v) is 3.70. The number of alkyl halides is 2. The molecule has 3 N–H and O–H groups in total. The second kappa shape index (κ2) is 5.12. The van der Waals surface area contributed by atoms with Gasteiger partial charge in [0.05, 0.1) is 0 Å². The average molecular weight is 254 g/mol. The maximum absolute atomic E-state index is 12.9. The van der Waals surface area contributed by atoms with Gasteiger partial charge in [-0.05, 0) is 42.9 Å². The number of anilines is 2. The van der Waals surface area contributed by atoms with E-state index in [1.165, 1.54) is 25.3 Å². The molecule has 1 saturated carbocycles. The summed E-state index contributed by atoms with van der Waals surface area (Å²) in [6.45, 7) is 2.94. The lowest BCUT2D eigenvalue weighted by Crippen LogP contribution is -2.16. The molecule has 2 nitrogen and oxygen atoms in total. The molecule has 0 saturated heterocycles. The minimum absolute atomic E-state index is 0.00213. The van der Waals surface area contributed by atoms with Gasteiger partial charge >= 0.3 is 0 Å². The highest BCUT2D eigenvalue weighted by molar-refractivity contribution is 5.58. The Hall–Kier alpha value is -1.32. The van der Waals surface area contributed by atoms with Gasteiger partial charge in [-0.1, -0.05) is 13.3 Å². The van der Waals surface area contributed by atoms with Gasteiger partial charge in [0.15, 0.2) is 0 Å². The maximum Gasteiger partial charge on any atom is 0.265 e. The number of hydrogen-bond donors (Lipinski definition) is 2. The van der Waals surface area contributed by atoms with Crippen LogP contribution in [0.4, 0.5) is 20.2 Å². The van der Waals surface area contributed by atoms with Crippen molar-refractivity contribution in [3.63, 3.8) is 0 Å². The second-order valence-corrected chi connectivity index (χ2v) is 5.25. The number of halogens is 2. The second-order valence-electron chi connectivity index (χ2n) is 5.25. The molecule has 18 heavy (non-hydrogen) atoms. The first kappa shape index (κ1) is 13.1. The van der Waals surface area contributed by atoms with Crippen molar-refractivity contribution >= 4 is 11.4 Å². The van der Waals surface area contributed by atoms with Gasteiger partial charge in [-0.3, -0.25) is 0 Å². The Morgan fingerprint density at radius 1 is 1.39 bits per heavy atom. The van der Waals surface area contributed by atoms with E-state index in [0.717, 1.165) is 13.0 Å². The zero-order valence-corrected chi connectivity index (χ0v) is 10.7. The summed E-state index contributed by atoms with van der Waals surface area (Å²) in [5.41, 5.74) is 6.79.